The van der Waals surface area contributed by atoms with E-state index in [4.69, 9.17) is 8.94 Å². The molecule has 0 saturated carbocycles. The number of hydrogen-bond acceptors (Lipinski definition) is 7. The summed E-state index contributed by atoms with van der Waals surface area (Å²) in [6, 6.07) is 6.54. The van der Waals surface area contributed by atoms with Gasteiger partial charge in [0.1, 0.15) is 6.54 Å². The van der Waals surface area contributed by atoms with Crippen LogP contribution in [-0.2, 0) is 13.0 Å². The Bertz CT molecular complexity index is 868. The number of amides is 2. The second kappa shape index (κ2) is 7.31. The average Bonchev–Trinajstić information content (AvgIpc) is 3.35. The van der Waals surface area contributed by atoms with Gasteiger partial charge < -0.3 is 19.2 Å². The van der Waals surface area contributed by atoms with Gasteiger partial charge in [0.05, 0.1) is 16.1 Å². The van der Waals surface area contributed by atoms with Crippen LogP contribution in [0.2, 0.25) is 0 Å². The van der Waals surface area contributed by atoms with Gasteiger partial charge in [-0.15, -0.1) is 11.3 Å². The summed E-state index contributed by atoms with van der Waals surface area (Å²) in [5.41, 5.74) is 0. The van der Waals surface area contributed by atoms with E-state index in [-0.39, 0.29) is 24.1 Å². The number of aryl methyl sites for hydroxylation is 1. The van der Waals surface area contributed by atoms with Gasteiger partial charge in [-0.3, -0.25) is 9.59 Å². The first-order valence-corrected chi connectivity index (χ1v) is 8.40. The highest BCUT2D eigenvalue weighted by Crippen LogP contribution is 2.24. The Morgan fingerprint density at radius 2 is 2.16 bits per heavy atom. The van der Waals surface area contributed by atoms with Crippen LogP contribution in [0.15, 0.2) is 39.5 Å². The molecule has 25 heavy (non-hydrogen) atoms. The predicted octanol–water partition coefficient (Wildman–Crippen LogP) is 2.81. The van der Waals surface area contributed by atoms with E-state index < -0.39 is 0 Å². The zero-order valence-corrected chi connectivity index (χ0v) is 14.5. The molecule has 1 N–H and O–H groups in total. The highest BCUT2D eigenvalue weighted by Gasteiger charge is 2.18. The lowest BCUT2D eigenvalue weighted by Gasteiger charge is -2.13. The van der Waals surface area contributed by atoms with Gasteiger partial charge in [0.25, 0.3) is 11.8 Å². The van der Waals surface area contributed by atoms with E-state index in [0.717, 1.165) is 0 Å². The molecule has 3 aromatic heterocycles. The third-order valence-corrected chi connectivity index (χ3v) is 4.33. The quantitative estimate of drug-likeness (QED) is 0.725. The second-order valence-corrected chi connectivity index (χ2v) is 6.30. The number of thiophene rings is 1. The summed E-state index contributed by atoms with van der Waals surface area (Å²) < 4.78 is 10.1. The molecule has 0 aliphatic carbocycles. The summed E-state index contributed by atoms with van der Waals surface area (Å²) >= 11 is 1.18. The largest absolute Gasteiger partial charge is 0.459 e. The summed E-state index contributed by atoms with van der Waals surface area (Å²) in [5.74, 6) is 0.643. The number of furan rings is 1. The Kier molecular flexibility index (Phi) is 4.94. The number of hydrogen-bond donors (Lipinski definition) is 1. The maximum atomic E-state index is 12.5. The molecule has 0 aliphatic heterocycles. The van der Waals surface area contributed by atoms with Crippen LogP contribution in [0.5, 0.6) is 0 Å². The minimum absolute atomic E-state index is 0.195. The first kappa shape index (κ1) is 16.9. The topological polar surface area (TPSA) is 101 Å². The molecule has 0 unspecified atom stereocenters. The Morgan fingerprint density at radius 3 is 2.84 bits per heavy atom. The molecule has 2 amide bonds. The van der Waals surface area contributed by atoms with Gasteiger partial charge >= 0.3 is 0 Å². The van der Waals surface area contributed by atoms with Crippen molar-refractivity contribution in [1.82, 2.24) is 15.0 Å². The standard InChI is InChI=1S/C16H16N4O4S/c1-3-12-17-13(24-19-12)9-20(2)16(22)11-6-7-14(25-11)18-15(21)10-5-4-8-23-10/h4-8H,3,9H2,1-2H3,(H,18,21). The van der Waals surface area contributed by atoms with E-state index >= 15 is 0 Å². The van der Waals surface area contributed by atoms with Crippen molar-refractivity contribution in [2.45, 2.75) is 19.9 Å². The molecule has 3 rings (SSSR count). The normalized spacial score (nSPS) is 10.6. The number of nitrogens with zero attached hydrogens (tertiary/aromatic N) is 3. The fraction of sp³-hybridized carbons (Fsp3) is 0.250. The zero-order valence-electron chi connectivity index (χ0n) is 13.7. The monoisotopic (exact) mass is 360 g/mol. The molecule has 130 valence electrons. The van der Waals surface area contributed by atoms with Gasteiger partial charge in [-0.1, -0.05) is 12.1 Å². The van der Waals surface area contributed by atoms with Crippen molar-refractivity contribution in [2.75, 3.05) is 12.4 Å². The van der Waals surface area contributed by atoms with Gasteiger partial charge in [-0.05, 0) is 24.3 Å². The van der Waals surface area contributed by atoms with Gasteiger partial charge in [0, 0.05) is 13.5 Å². The molecular weight excluding hydrogens is 344 g/mol. The highest BCUT2D eigenvalue weighted by atomic mass is 32.1. The average molecular weight is 360 g/mol. The van der Waals surface area contributed by atoms with Crippen LogP contribution in [0.4, 0.5) is 5.00 Å². The lowest BCUT2D eigenvalue weighted by Crippen LogP contribution is -2.25. The van der Waals surface area contributed by atoms with E-state index in [1.165, 1.54) is 22.5 Å². The van der Waals surface area contributed by atoms with E-state index in [9.17, 15) is 9.59 Å². The molecule has 0 aromatic carbocycles. The molecule has 0 fully saturated rings. The SMILES string of the molecule is CCc1noc(CN(C)C(=O)c2ccc(NC(=O)c3ccco3)s2)n1. The van der Waals surface area contributed by atoms with Crippen LogP contribution in [0.3, 0.4) is 0 Å². The summed E-state index contributed by atoms with van der Waals surface area (Å²) in [4.78, 5) is 30.6. The highest BCUT2D eigenvalue weighted by molar-refractivity contribution is 7.18. The molecule has 0 aliphatic rings. The second-order valence-electron chi connectivity index (χ2n) is 5.21. The molecule has 0 radical (unpaired) electrons. The summed E-state index contributed by atoms with van der Waals surface area (Å²) in [7, 11) is 1.65. The van der Waals surface area contributed by atoms with E-state index in [0.29, 0.717) is 28.0 Å². The molecule has 0 atom stereocenters. The molecule has 0 saturated heterocycles. The van der Waals surface area contributed by atoms with Crippen LogP contribution < -0.4 is 5.32 Å². The first-order valence-electron chi connectivity index (χ1n) is 7.58. The Morgan fingerprint density at radius 1 is 1.32 bits per heavy atom. The lowest BCUT2D eigenvalue weighted by molar-refractivity contribution is 0.0774. The van der Waals surface area contributed by atoms with Crippen LogP contribution in [0, 0.1) is 0 Å². The van der Waals surface area contributed by atoms with E-state index in [2.05, 4.69) is 15.5 Å². The van der Waals surface area contributed by atoms with Crippen molar-refractivity contribution < 1.29 is 18.5 Å². The fourth-order valence-electron chi connectivity index (χ4n) is 2.06. The fourth-order valence-corrected chi connectivity index (χ4v) is 2.96. The number of aromatic nitrogens is 2. The number of anilines is 1. The molecule has 0 bridgehead atoms. The molecule has 3 heterocycles. The smallest absolute Gasteiger partial charge is 0.291 e. The zero-order chi connectivity index (χ0) is 17.8. The van der Waals surface area contributed by atoms with Crippen molar-refractivity contribution in [3.8, 4) is 0 Å². The number of carbonyl (C=O) groups is 2. The maximum Gasteiger partial charge on any atom is 0.291 e. The van der Waals surface area contributed by atoms with Crippen molar-refractivity contribution in [3.05, 3.63) is 52.9 Å². The van der Waals surface area contributed by atoms with E-state index in [1.807, 2.05) is 6.92 Å². The van der Waals surface area contributed by atoms with Gasteiger partial charge in [0.2, 0.25) is 5.89 Å². The van der Waals surface area contributed by atoms with Gasteiger partial charge in [-0.2, -0.15) is 4.98 Å². The van der Waals surface area contributed by atoms with Crippen molar-refractivity contribution in [2.24, 2.45) is 0 Å². The molecular formula is C16H16N4O4S. The van der Waals surface area contributed by atoms with Gasteiger partial charge in [0.15, 0.2) is 11.6 Å². The summed E-state index contributed by atoms with van der Waals surface area (Å²) in [6.07, 6.45) is 2.10. The molecule has 3 aromatic rings. The van der Waals surface area contributed by atoms with Crippen LogP contribution in [0.1, 0.15) is 38.9 Å². The van der Waals surface area contributed by atoms with E-state index in [1.54, 1.807) is 31.3 Å². The summed E-state index contributed by atoms with van der Waals surface area (Å²) in [5, 5.41) is 7.06. The minimum Gasteiger partial charge on any atom is -0.459 e. The Labute approximate surface area is 147 Å². The Balaban J connectivity index is 1.62. The lowest BCUT2D eigenvalue weighted by atomic mass is 10.4. The van der Waals surface area contributed by atoms with Crippen LogP contribution >= 0.6 is 11.3 Å². The molecule has 8 nitrogen and oxygen atoms in total. The molecule has 0 spiro atoms. The Hall–Kier alpha value is -2.94. The third kappa shape index (κ3) is 3.94. The third-order valence-electron chi connectivity index (χ3n) is 3.34. The minimum atomic E-state index is -0.364. The van der Waals surface area contributed by atoms with Gasteiger partial charge in [-0.25, -0.2) is 0 Å². The van der Waals surface area contributed by atoms with Crippen molar-refractivity contribution in [1.29, 1.82) is 0 Å². The number of rotatable bonds is 6. The number of nitrogens with one attached hydrogen (secondary N) is 1. The molecule has 9 heteroatoms. The van der Waals surface area contributed by atoms with Crippen molar-refractivity contribution >= 4 is 28.2 Å². The first-order chi connectivity index (χ1) is 12.1. The predicted molar refractivity (Wildman–Crippen MR) is 90.5 cm³/mol. The maximum absolute atomic E-state index is 12.5. The van der Waals surface area contributed by atoms with Crippen molar-refractivity contribution in [3.63, 3.8) is 0 Å². The number of carbonyl (C=O) groups excluding carboxylic acids is 2. The van der Waals surface area contributed by atoms with Crippen LogP contribution in [0.25, 0.3) is 0 Å². The van der Waals surface area contributed by atoms with Crippen LogP contribution in [-0.4, -0.2) is 33.9 Å². The summed E-state index contributed by atoms with van der Waals surface area (Å²) in [6.45, 7) is 2.14.